The summed E-state index contributed by atoms with van der Waals surface area (Å²) >= 11 is 1.27. The highest BCUT2D eigenvalue weighted by Gasteiger charge is 2.28. The second-order valence-corrected chi connectivity index (χ2v) is 7.17. The first-order valence-electron chi connectivity index (χ1n) is 8.16. The number of anilines is 2. The summed E-state index contributed by atoms with van der Waals surface area (Å²) in [5.41, 5.74) is 0.882. The van der Waals surface area contributed by atoms with Crippen LogP contribution in [0.15, 0.2) is 12.4 Å². The maximum atomic E-state index is 12.4. The monoisotopic (exact) mass is 363 g/mol. The van der Waals surface area contributed by atoms with E-state index in [-0.39, 0.29) is 30.9 Å². The molecule has 0 aromatic carbocycles. The molecule has 9 heteroatoms. The van der Waals surface area contributed by atoms with E-state index in [9.17, 15) is 14.7 Å². The van der Waals surface area contributed by atoms with Crippen molar-refractivity contribution in [2.45, 2.75) is 39.3 Å². The van der Waals surface area contributed by atoms with E-state index in [1.54, 1.807) is 15.8 Å². The number of aliphatic hydroxyl groups excluding tert-OH is 1. The van der Waals surface area contributed by atoms with E-state index in [4.69, 9.17) is 0 Å². The summed E-state index contributed by atoms with van der Waals surface area (Å²) in [6.07, 6.45) is 5.09. The van der Waals surface area contributed by atoms with Crippen LogP contribution in [0, 0.1) is 6.92 Å². The number of nitrogens with one attached hydrogen (secondary N) is 1. The number of rotatable bonds is 6. The lowest BCUT2D eigenvalue weighted by Crippen LogP contribution is -2.39. The molecule has 0 spiro atoms. The van der Waals surface area contributed by atoms with E-state index in [0.717, 1.165) is 18.4 Å². The maximum Gasteiger partial charge on any atom is 0.244 e. The standard InChI is InChI=1S/C16H21N5O3S/c1-10-7-20(8-14(24)21-5-3-4-12(21)9-22)19-15(10)18-16-17-6-13(25-16)11(2)23/h6-7,12,22H,3-5,8-9H2,1-2H3,(H,17,18,19)/t12-/m0/s1. The van der Waals surface area contributed by atoms with Crippen LogP contribution in [0.25, 0.3) is 0 Å². The summed E-state index contributed by atoms with van der Waals surface area (Å²) in [5, 5.41) is 17.4. The van der Waals surface area contributed by atoms with Crippen molar-refractivity contribution in [1.82, 2.24) is 19.7 Å². The Labute approximate surface area is 149 Å². The van der Waals surface area contributed by atoms with Crippen LogP contribution in [-0.4, -0.2) is 55.7 Å². The average Bonchev–Trinajstić information content (AvgIpc) is 3.28. The normalized spacial score (nSPS) is 17.1. The van der Waals surface area contributed by atoms with Crippen molar-refractivity contribution in [2.24, 2.45) is 0 Å². The highest BCUT2D eigenvalue weighted by molar-refractivity contribution is 7.17. The van der Waals surface area contributed by atoms with Gasteiger partial charge >= 0.3 is 0 Å². The van der Waals surface area contributed by atoms with Crippen LogP contribution in [0.1, 0.15) is 35.0 Å². The first-order valence-corrected chi connectivity index (χ1v) is 8.97. The molecule has 2 aromatic rings. The van der Waals surface area contributed by atoms with Crippen LogP contribution in [0.2, 0.25) is 0 Å². The van der Waals surface area contributed by atoms with Gasteiger partial charge in [-0.2, -0.15) is 5.10 Å². The first-order chi connectivity index (χ1) is 12.0. The number of Topliss-reactive ketones (excluding diaryl/α,β-unsaturated/α-hetero) is 1. The van der Waals surface area contributed by atoms with Crippen molar-refractivity contribution in [3.63, 3.8) is 0 Å². The smallest absolute Gasteiger partial charge is 0.244 e. The number of hydrogen-bond donors (Lipinski definition) is 2. The van der Waals surface area contributed by atoms with Gasteiger partial charge in [-0.05, 0) is 19.8 Å². The van der Waals surface area contributed by atoms with Gasteiger partial charge in [0.15, 0.2) is 16.7 Å². The van der Waals surface area contributed by atoms with Crippen LogP contribution >= 0.6 is 11.3 Å². The Balaban J connectivity index is 1.67. The molecule has 8 nitrogen and oxygen atoms in total. The van der Waals surface area contributed by atoms with Gasteiger partial charge in [0.1, 0.15) is 6.54 Å². The molecular weight excluding hydrogens is 342 g/mol. The Kier molecular flexibility index (Phi) is 5.14. The van der Waals surface area contributed by atoms with E-state index < -0.39 is 0 Å². The van der Waals surface area contributed by atoms with E-state index in [1.807, 2.05) is 6.92 Å². The van der Waals surface area contributed by atoms with Gasteiger partial charge in [0.05, 0.1) is 23.7 Å². The maximum absolute atomic E-state index is 12.4. The number of carbonyl (C=O) groups excluding carboxylic acids is 2. The Morgan fingerprint density at radius 2 is 2.28 bits per heavy atom. The van der Waals surface area contributed by atoms with Crippen LogP contribution < -0.4 is 5.32 Å². The van der Waals surface area contributed by atoms with E-state index in [2.05, 4.69) is 15.4 Å². The summed E-state index contributed by atoms with van der Waals surface area (Å²) < 4.78 is 1.59. The minimum atomic E-state index is -0.0814. The van der Waals surface area contributed by atoms with Crippen molar-refractivity contribution in [3.8, 4) is 0 Å². The SMILES string of the molecule is CC(=O)c1cnc(Nc2nn(CC(=O)N3CCC[C@H]3CO)cc2C)s1. The first kappa shape index (κ1) is 17.6. The topological polar surface area (TPSA) is 100 Å². The summed E-state index contributed by atoms with van der Waals surface area (Å²) in [6, 6.07) is -0.0814. The van der Waals surface area contributed by atoms with E-state index >= 15 is 0 Å². The minimum absolute atomic E-state index is 0.000784. The van der Waals surface area contributed by atoms with Crippen molar-refractivity contribution >= 4 is 34.0 Å². The van der Waals surface area contributed by atoms with E-state index in [1.165, 1.54) is 24.5 Å². The number of amides is 1. The number of aliphatic hydroxyl groups is 1. The van der Waals surface area contributed by atoms with Crippen LogP contribution in [0.3, 0.4) is 0 Å². The third-order valence-electron chi connectivity index (χ3n) is 4.23. The molecule has 1 atom stereocenters. The molecule has 3 heterocycles. The quantitative estimate of drug-likeness (QED) is 0.756. The fourth-order valence-electron chi connectivity index (χ4n) is 2.90. The molecule has 1 aliphatic rings. The summed E-state index contributed by atoms with van der Waals surface area (Å²) in [5.74, 6) is 0.540. The third-order valence-corrected chi connectivity index (χ3v) is 5.24. The number of nitrogens with zero attached hydrogens (tertiary/aromatic N) is 4. The van der Waals surface area contributed by atoms with Gasteiger partial charge < -0.3 is 15.3 Å². The van der Waals surface area contributed by atoms with Gasteiger partial charge in [-0.1, -0.05) is 11.3 Å². The van der Waals surface area contributed by atoms with Crippen LogP contribution in [0.5, 0.6) is 0 Å². The number of aryl methyl sites for hydroxylation is 1. The lowest BCUT2D eigenvalue weighted by molar-refractivity contribution is -0.133. The number of carbonyl (C=O) groups is 2. The minimum Gasteiger partial charge on any atom is -0.394 e. The average molecular weight is 363 g/mol. The van der Waals surface area contributed by atoms with Gasteiger partial charge in [0.2, 0.25) is 5.91 Å². The number of hydrogen-bond acceptors (Lipinski definition) is 7. The molecule has 1 aliphatic heterocycles. The molecule has 2 N–H and O–H groups in total. The Morgan fingerprint density at radius 3 is 2.96 bits per heavy atom. The molecule has 0 unspecified atom stereocenters. The molecule has 2 aromatic heterocycles. The molecule has 0 radical (unpaired) electrons. The molecule has 134 valence electrons. The molecule has 0 aliphatic carbocycles. The van der Waals surface area contributed by atoms with Crippen LogP contribution in [-0.2, 0) is 11.3 Å². The fraction of sp³-hybridized carbons (Fsp3) is 0.500. The molecule has 0 saturated carbocycles. The molecule has 1 fully saturated rings. The van der Waals surface area contributed by atoms with Crippen molar-refractivity contribution in [1.29, 1.82) is 0 Å². The van der Waals surface area contributed by atoms with Gasteiger partial charge in [0, 0.05) is 25.2 Å². The van der Waals surface area contributed by atoms with Crippen molar-refractivity contribution < 1.29 is 14.7 Å². The zero-order valence-electron chi connectivity index (χ0n) is 14.2. The van der Waals surface area contributed by atoms with Crippen molar-refractivity contribution in [2.75, 3.05) is 18.5 Å². The zero-order chi connectivity index (χ0) is 18.0. The number of thiazole rings is 1. The largest absolute Gasteiger partial charge is 0.394 e. The van der Waals surface area contributed by atoms with E-state index in [0.29, 0.717) is 22.4 Å². The lowest BCUT2D eigenvalue weighted by atomic mass is 10.2. The summed E-state index contributed by atoms with van der Waals surface area (Å²) in [6.45, 7) is 4.21. The van der Waals surface area contributed by atoms with Gasteiger partial charge in [-0.25, -0.2) is 4.98 Å². The Morgan fingerprint density at radius 1 is 1.48 bits per heavy atom. The highest BCUT2D eigenvalue weighted by Crippen LogP contribution is 2.24. The van der Waals surface area contributed by atoms with Gasteiger partial charge in [0.25, 0.3) is 0 Å². The second-order valence-electron chi connectivity index (χ2n) is 6.13. The molecule has 0 bridgehead atoms. The second kappa shape index (κ2) is 7.32. The molecule has 25 heavy (non-hydrogen) atoms. The van der Waals surface area contributed by atoms with Crippen LogP contribution in [0.4, 0.5) is 10.9 Å². The predicted octanol–water partition coefficient (Wildman–Crippen LogP) is 1.58. The fourth-order valence-corrected chi connectivity index (χ4v) is 3.62. The highest BCUT2D eigenvalue weighted by atomic mass is 32.1. The lowest BCUT2D eigenvalue weighted by Gasteiger charge is -2.22. The molecule has 1 amide bonds. The van der Waals surface area contributed by atoms with Gasteiger partial charge in [-0.3, -0.25) is 14.3 Å². The zero-order valence-corrected chi connectivity index (χ0v) is 15.0. The summed E-state index contributed by atoms with van der Waals surface area (Å²) in [7, 11) is 0. The van der Waals surface area contributed by atoms with Crippen molar-refractivity contribution in [3.05, 3.63) is 22.8 Å². The Hall–Kier alpha value is -2.26. The number of aromatic nitrogens is 3. The molecular formula is C16H21N5O3S. The third kappa shape index (κ3) is 3.88. The molecule has 1 saturated heterocycles. The summed E-state index contributed by atoms with van der Waals surface area (Å²) in [4.78, 5) is 30.2. The van der Waals surface area contributed by atoms with Gasteiger partial charge in [-0.15, -0.1) is 0 Å². The number of ketones is 1. The number of likely N-dealkylation sites (tertiary alicyclic amines) is 1. The predicted molar refractivity (Wildman–Crippen MR) is 94.2 cm³/mol. The molecule has 3 rings (SSSR count). The Bertz CT molecular complexity index is 785.